The summed E-state index contributed by atoms with van der Waals surface area (Å²) in [7, 11) is 0. The van der Waals surface area contributed by atoms with Gasteiger partial charge in [-0.1, -0.05) is 16.8 Å². The maximum Gasteiger partial charge on any atom is 0.229 e. The number of anilines is 1. The Bertz CT molecular complexity index is 800. The van der Waals surface area contributed by atoms with E-state index in [-0.39, 0.29) is 5.60 Å². The molecule has 4 aliphatic rings. The van der Waals surface area contributed by atoms with Crippen molar-refractivity contribution < 1.29 is 4.84 Å². The molecule has 4 aliphatic heterocycles. The predicted octanol–water partition coefficient (Wildman–Crippen LogP) is 2.95. The van der Waals surface area contributed by atoms with Gasteiger partial charge in [0, 0.05) is 29.4 Å². The van der Waals surface area contributed by atoms with E-state index < -0.39 is 0 Å². The fourth-order valence-corrected chi connectivity index (χ4v) is 5.07. The van der Waals surface area contributed by atoms with E-state index in [4.69, 9.17) is 16.4 Å². The number of amidine groups is 1. The molecule has 1 spiro atoms. The largest absolute Gasteiger partial charge is 0.386 e. The smallest absolute Gasteiger partial charge is 0.229 e. The quantitative estimate of drug-likeness (QED) is 0.857. The van der Waals surface area contributed by atoms with Gasteiger partial charge in [0.25, 0.3) is 0 Å². The van der Waals surface area contributed by atoms with Gasteiger partial charge in [-0.25, -0.2) is 9.97 Å². The molecule has 1 atom stereocenters. The highest BCUT2D eigenvalue weighted by molar-refractivity contribution is 7.17. The van der Waals surface area contributed by atoms with Gasteiger partial charge >= 0.3 is 0 Å². The van der Waals surface area contributed by atoms with Crippen molar-refractivity contribution in [2.75, 3.05) is 25.0 Å². The molecule has 2 aromatic heterocycles. The minimum Gasteiger partial charge on any atom is -0.386 e. The molecule has 120 valence electrons. The van der Waals surface area contributed by atoms with Crippen molar-refractivity contribution >= 4 is 44.9 Å². The minimum absolute atomic E-state index is 0.144. The summed E-state index contributed by atoms with van der Waals surface area (Å²) in [6.45, 7) is 3.36. The Morgan fingerprint density at radius 1 is 1.39 bits per heavy atom. The van der Waals surface area contributed by atoms with Gasteiger partial charge < -0.3 is 10.2 Å². The lowest BCUT2D eigenvalue weighted by molar-refractivity contribution is -0.136. The number of rotatable bonds is 1. The van der Waals surface area contributed by atoms with E-state index >= 15 is 0 Å². The van der Waals surface area contributed by atoms with Crippen LogP contribution in [-0.4, -0.2) is 45.9 Å². The summed E-state index contributed by atoms with van der Waals surface area (Å²) in [6.07, 6.45) is 4.97. The lowest BCUT2D eigenvalue weighted by Crippen LogP contribution is -2.59. The van der Waals surface area contributed by atoms with E-state index in [1.807, 2.05) is 5.38 Å². The van der Waals surface area contributed by atoms with Crippen LogP contribution in [0.3, 0.4) is 0 Å². The van der Waals surface area contributed by atoms with Crippen LogP contribution in [0.15, 0.2) is 16.7 Å². The molecule has 6 heterocycles. The van der Waals surface area contributed by atoms with Crippen LogP contribution in [0.4, 0.5) is 5.95 Å². The average molecular weight is 350 g/mol. The van der Waals surface area contributed by atoms with Crippen molar-refractivity contribution in [1.29, 1.82) is 0 Å². The number of fused-ring (bicyclic) bond motifs is 3. The second kappa shape index (κ2) is 5.03. The fraction of sp³-hybridized carbons (Fsp3) is 0.533. The molecule has 0 aromatic carbocycles. The van der Waals surface area contributed by atoms with Crippen molar-refractivity contribution in [3.63, 3.8) is 0 Å². The van der Waals surface area contributed by atoms with Crippen molar-refractivity contribution in [2.45, 2.75) is 24.9 Å². The molecule has 2 aromatic rings. The molecule has 0 radical (unpaired) electrons. The third kappa shape index (κ3) is 2.21. The first-order chi connectivity index (χ1) is 11.2. The SMILES string of the molecule is Clc1csc2nc(NC3=NOC4(C3)CN3CCC4CC3)ncc12. The number of oxime groups is 1. The molecular formula is C15H16ClN5OS. The van der Waals surface area contributed by atoms with Crippen molar-refractivity contribution in [3.8, 4) is 0 Å². The second-order valence-electron chi connectivity index (χ2n) is 6.54. The Kier molecular flexibility index (Phi) is 3.05. The van der Waals surface area contributed by atoms with Crippen LogP contribution in [-0.2, 0) is 4.84 Å². The number of nitrogens with zero attached hydrogens (tertiary/aromatic N) is 4. The molecule has 0 saturated carbocycles. The third-order valence-electron chi connectivity index (χ3n) is 5.17. The van der Waals surface area contributed by atoms with Gasteiger partial charge in [-0.15, -0.1) is 11.3 Å². The first-order valence-corrected chi connectivity index (χ1v) is 9.12. The molecule has 3 fully saturated rings. The molecule has 0 aliphatic carbocycles. The Morgan fingerprint density at radius 3 is 3.04 bits per heavy atom. The molecule has 0 amide bonds. The highest BCUT2D eigenvalue weighted by Crippen LogP contribution is 2.43. The number of aromatic nitrogens is 2. The van der Waals surface area contributed by atoms with Crippen molar-refractivity contribution in [3.05, 3.63) is 16.6 Å². The zero-order valence-corrected chi connectivity index (χ0v) is 14.0. The van der Waals surface area contributed by atoms with Gasteiger partial charge in [0.15, 0.2) is 11.4 Å². The van der Waals surface area contributed by atoms with E-state index in [0.29, 0.717) is 16.9 Å². The molecule has 1 unspecified atom stereocenters. The fourth-order valence-electron chi connectivity index (χ4n) is 3.97. The second-order valence-corrected chi connectivity index (χ2v) is 7.81. The van der Waals surface area contributed by atoms with Crippen LogP contribution in [0.25, 0.3) is 10.2 Å². The van der Waals surface area contributed by atoms with E-state index in [9.17, 15) is 0 Å². The normalized spacial score (nSPS) is 32.3. The molecule has 3 saturated heterocycles. The molecule has 6 nitrogen and oxygen atoms in total. The van der Waals surface area contributed by atoms with Crippen LogP contribution >= 0.6 is 22.9 Å². The zero-order valence-electron chi connectivity index (χ0n) is 12.5. The maximum atomic E-state index is 6.09. The topological polar surface area (TPSA) is 62.6 Å². The lowest BCUT2D eigenvalue weighted by atomic mass is 9.73. The lowest BCUT2D eigenvalue weighted by Gasteiger charge is -2.49. The first-order valence-electron chi connectivity index (χ1n) is 7.86. The zero-order chi connectivity index (χ0) is 15.4. The molecular weight excluding hydrogens is 334 g/mol. The number of piperidine rings is 3. The summed E-state index contributed by atoms with van der Waals surface area (Å²) >= 11 is 7.61. The number of hydrogen-bond acceptors (Lipinski definition) is 7. The molecule has 2 bridgehead atoms. The van der Waals surface area contributed by atoms with Gasteiger partial charge in [0.05, 0.1) is 11.4 Å². The summed E-state index contributed by atoms with van der Waals surface area (Å²) in [6, 6.07) is 0. The van der Waals surface area contributed by atoms with Crippen molar-refractivity contribution in [2.24, 2.45) is 11.1 Å². The summed E-state index contributed by atoms with van der Waals surface area (Å²) in [5.41, 5.74) is -0.144. The van der Waals surface area contributed by atoms with Crippen molar-refractivity contribution in [1.82, 2.24) is 14.9 Å². The Hall–Kier alpha value is -1.44. The van der Waals surface area contributed by atoms with Gasteiger partial charge in [0.2, 0.25) is 5.95 Å². The first kappa shape index (κ1) is 13.9. The highest BCUT2D eigenvalue weighted by Gasteiger charge is 2.52. The van der Waals surface area contributed by atoms with Crippen LogP contribution in [0.1, 0.15) is 19.3 Å². The molecule has 8 heteroatoms. The Labute approximate surface area is 142 Å². The summed E-state index contributed by atoms with van der Waals surface area (Å²) < 4.78 is 0. The maximum absolute atomic E-state index is 6.09. The molecule has 1 N–H and O–H groups in total. The molecule has 6 rings (SSSR count). The number of hydrogen-bond donors (Lipinski definition) is 1. The van der Waals surface area contributed by atoms with Gasteiger partial charge in [-0.2, -0.15) is 0 Å². The van der Waals surface area contributed by atoms with Crippen LogP contribution in [0.5, 0.6) is 0 Å². The van der Waals surface area contributed by atoms with Crippen LogP contribution < -0.4 is 5.32 Å². The number of thiophene rings is 1. The summed E-state index contributed by atoms with van der Waals surface area (Å²) in [5, 5.41) is 11.0. The van der Waals surface area contributed by atoms with Gasteiger partial charge in [-0.05, 0) is 25.9 Å². The summed E-state index contributed by atoms with van der Waals surface area (Å²) in [5.74, 6) is 1.98. The number of nitrogens with one attached hydrogen (secondary N) is 1. The van der Waals surface area contributed by atoms with Gasteiger partial charge in [-0.3, -0.25) is 4.90 Å². The van der Waals surface area contributed by atoms with Crippen LogP contribution in [0, 0.1) is 5.92 Å². The average Bonchev–Trinajstić information content (AvgIpc) is 3.13. The summed E-state index contributed by atoms with van der Waals surface area (Å²) in [4.78, 5) is 18.1. The Balaban J connectivity index is 1.35. The standard InChI is InChI=1S/C15H16ClN5OS/c16-11-7-23-13-10(11)6-17-14(19-13)18-12-5-15(22-20-12)8-21-3-1-9(15)2-4-21/h6-7,9H,1-5,8H2,(H,17,18,19,20). The molecule has 23 heavy (non-hydrogen) atoms. The minimum atomic E-state index is -0.144. The predicted molar refractivity (Wildman–Crippen MR) is 91.1 cm³/mol. The van der Waals surface area contributed by atoms with Gasteiger partial charge in [0.1, 0.15) is 4.83 Å². The van der Waals surface area contributed by atoms with E-state index in [1.54, 1.807) is 6.20 Å². The monoisotopic (exact) mass is 349 g/mol. The van der Waals surface area contributed by atoms with Crippen LogP contribution in [0.2, 0.25) is 5.02 Å². The number of halogens is 1. The van der Waals surface area contributed by atoms with E-state index in [0.717, 1.165) is 29.0 Å². The third-order valence-corrected chi connectivity index (χ3v) is 6.50. The Morgan fingerprint density at radius 2 is 2.26 bits per heavy atom. The van der Waals surface area contributed by atoms with E-state index in [2.05, 4.69) is 25.3 Å². The van der Waals surface area contributed by atoms with E-state index in [1.165, 1.54) is 37.3 Å². The highest BCUT2D eigenvalue weighted by atomic mass is 35.5.